The largest absolute Gasteiger partial charge is 0.383 e. The molecule has 1 aromatic heterocycles. The molecule has 98 valence electrons. The van der Waals surface area contributed by atoms with Crippen molar-refractivity contribution in [2.75, 3.05) is 20.3 Å². The first kappa shape index (κ1) is 13.5. The Hall–Kier alpha value is -0.910. The Morgan fingerprint density at radius 3 is 2.83 bits per heavy atom. The summed E-state index contributed by atoms with van der Waals surface area (Å²) in [5.41, 5.74) is 0.291. The predicted octanol–water partition coefficient (Wildman–Crippen LogP) is 2.03. The standard InChI is InChI=1S/C11H13Cl2N3O2/c1-18-5-4-16(7-2-3-7)11(17)8-6-9(12)14-15-10(8)13/h6-7H,2-5H2,1H3. The van der Waals surface area contributed by atoms with Gasteiger partial charge in [0.25, 0.3) is 5.91 Å². The Balaban J connectivity index is 2.19. The monoisotopic (exact) mass is 289 g/mol. The molecular formula is C11H13Cl2N3O2. The summed E-state index contributed by atoms with van der Waals surface area (Å²) in [5.74, 6) is -0.170. The fraction of sp³-hybridized carbons (Fsp3) is 0.545. The van der Waals surface area contributed by atoms with Gasteiger partial charge in [-0.15, -0.1) is 10.2 Å². The summed E-state index contributed by atoms with van der Waals surface area (Å²) in [6, 6.07) is 1.72. The van der Waals surface area contributed by atoms with Gasteiger partial charge < -0.3 is 9.64 Å². The summed E-state index contributed by atoms with van der Waals surface area (Å²) in [4.78, 5) is 14.1. The van der Waals surface area contributed by atoms with Gasteiger partial charge in [0.1, 0.15) is 0 Å². The highest BCUT2D eigenvalue weighted by molar-refractivity contribution is 6.34. The molecule has 1 saturated carbocycles. The highest BCUT2D eigenvalue weighted by Gasteiger charge is 2.33. The number of aromatic nitrogens is 2. The van der Waals surface area contributed by atoms with Gasteiger partial charge in [0.2, 0.25) is 0 Å². The number of nitrogens with zero attached hydrogens (tertiary/aromatic N) is 3. The van der Waals surface area contributed by atoms with Crippen LogP contribution in [0, 0.1) is 0 Å². The third-order valence-corrected chi connectivity index (χ3v) is 3.20. The van der Waals surface area contributed by atoms with Gasteiger partial charge >= 0.3 is 0 Å². The van der Waals surface area contributed by atoms with E-state index in [4.69, 9.17) is 27.9 Å². The van der Waals surface area contributed by atoms with E-state index in [2.05, 4.69) is 10.2 Å². The molecule has 1 heterocycles. The topological polar surface area (TPSA) is 55.3 Å². The minimum absolute atomic E-state index is 0.0764. The Kier molecular flexibility index (Phi) is 4.37. The van der Waals surface area contributed by atoms with E-state index in [0.29, 0.717) is 18.7 Å². The second-order valence-electron chi connectivity index (χ2n) is 4.09. The third-order valence-electron chi connectivity index (χ3n) is 2.73. The van der Waals surface area contributed by atoms with Crippen LogP contribution in [0.15, 0.2) is 6.07 Å². The lowest BCUT2D eigenvalue weighted by Crippen LogP contribution is -2.36. The Morgan fingerprint density at radius 1 is 1.50 bits per heavy atom. The molecule has 2 rings (SSSR count). The van der Waals surface area contributed by atoms with Gasteiger partial charge in [0, 0.05) is 19.7 Å². The highest BCUT2D eigenvalue weighted by atomic mass is 35.5. The molecule has 0 atom stereocenters. The third kappa shape index (κ3) is 3.10. The summed E-state index contributed by atoms with van der Waals surface area (Å²) in [6.07, 6.45) is 2.03. The summed E-state index contributed by atoms with van der Waals surface area (Å²) < 4.78 is 5.01. The molecule has 0 saturated heterocycles. The van der Waals surface area contributed by atoms with Crippen LogP contribution in [-0.4, -0.2) is 47.3 Å². The second kappa shape index (κ2) is 5.82. The van der Waals surface area contributed by atoms with Crippen molar-refractivity contribution in [3.63, 3.8) is 0 Å². The minimum atomic E-state index is -0.170. The average Bonchev–Trinajstić information content (AvgIpc) is 3.17. The van der Waals surface area contributed by atoms with E-state index < -0.39 is 0 Å². The lowest BCUT2D eigenvalue weighted by molar-refractivity contribution is 0.0679. The molecule has 1 fully saturated rings. The van der Waals surface area contributed by atoms with Crippen LogP contribution in [0.5, 0.6) is 0 Å². The molecule has 18 heavy (non-hydrogen) atoms. The molecule has 7 heteroatoms. The van der Waals surface area contributed by atoms with Crippen LogP contribution in [0.2, 0.25) is 10.3 Å². The van der Waals surface area contributed by atoms with Crippen molar-refractivity contribution >= 4 is 29.1 Å². The van der Waals surface area contributed by atoms with Gasteiger partial charge in [-0.3, -0.25) is 4.79 Å². The molecule has 1 aromatic rings. The van der Waals surface area contributed by atoms with Gasteiger partial charge in [0.15, 0.2) is 10.3 Å². The SMILES string of the molecule is COCCN(C(=O)c1cc(Cl)nnc1Cl)C1CC1. The normalized spacial score (nSPS) is 14.6. The van der Waals surface area contributed by atoms with E-state index in [1.165, 1.54) is 6.07 Å². The number of carbonyl (C=O) groups excluding carboxylic acids is 1. The van der Waals surface area contributed by atoms with E-state index in [0.717, 1.165) is 12.8 Å². The molecule has 5 nitrogen and oxygen atoms in total. The fourth-order valence-corrected chi connectivity index (χ4v) is 2.00. The minimum Gasteiger partial charge on any atom is -0.383 e. The molecule has 1 aliphatic carbocycles. The van der Waals surface area contributed by atoms with Gasteiger partial charge in [-0.1, -0.05) is 23.2 Å². The summed E-state index contributed by atoms with van der Waals surface area (Å²) >= 11 is 11.6. The zero-order valence-electron chi connectivity index (χ0n) is 9.90. The van der Waals surface area contributed by atoms with Crippen LogP contribution in [0.1, 0.15) is 23.2 Å². The zero-order chi connectivity index (χ0) is 13.1. The maximum Gasteiger partial charge on any atom is 0.257 e. The second-order valence-corrected chi connectivity index (χ2v) is 4.84. The van der Waals surface area contributed by atoms with E-state index in [1.807, 2.05) is 0 Å². The fourth-order valence-electron chi connectivity index (χ4n) is 1.68. The van der Waals surface area contributed by atoms with Crippen LogP contribution in [-0.2, 0) is 4.74 Å². The smallest absolute Gasteiger partial charge is 0.257 e. The molecule has 0 unspecified atom stereocenters. The quantitative estimate of drug-likeness (QED) is 0.832. The first-order chi connectivity index (χ1) is 8.63. The van der Waals surface area contributed by atoms with E-state index in [9.17, 15) is 4.79 Å². The van der Waals surface area contributed by atoms with Gasteiger partial charge in [-0.25, -0.2) is 0 Å². The summed E-state index contributed by atoms with van der Waals surface area (Å²) in [6.45, 7) is 1.03. The van der Waals surface area contributed by atoms with Crippen molar-refractivity contribution in [2.45, 2.75) is 18.9 Å². The lowest BCUT2D eigenvalue weighted by Gasteiger charge is -2.22. The molecule has 0 spiro atoms. The highest BCUT2D eigenvalue weighted by Crippen LogP contribution is 2.29. The van der Waals surface area contributed by atoms with Crippen molar-refractivity contribution in [2.24, 2.45) is 0 Å². The first-order valence-corrected chi connectivity index (χ1v) is 6.37. The van der Waals surface area contributed by atoms with Crippen LogP contribution in [0.4, 0.5) is 0 Å². The number of ether oxygens (including phenoxy) is 1. The maximum absolute atomic E-state index is 12.4. The predicted molar refractivity (Wildman–Crippen MR) is 68.0 cm³/mol. The van der Waals surface area contributed by atoms with Gasteiger partial charge in [-0.05, 0) is 18.9 Å². The van der Waals surface area contributed by atoms with Crippen molar-refractivity contribution in [1.29, 1.82) is 0 Å². The molecule has 0 N–H and O–H groups in total. The number of methoxy groups -OCH3 is 1. The summed E-state index contributed by atoms with van der Waals surface area (Å²) in [7, 11) is 1.60. The van der Waals surface area contributed by atoms with Crippen LogP contribution in [0.3, 0.4) is 0 Å². The maximum atomic E-state index is 12.4. The van der Waals surface area contributed by atoms with Crippen molar-refractivity contribution in [3.05, 3.63) is 21.9 Å². The number of carbonyl (C=O) groups is 1. The summed E-state index contributed by atoms with van der Waals surface area (Å²) in [5, 5.41) is 7.47. The van der Waals surface area contributed by atoms with Crippen molar-refractivity contribution < 1.29 is 9.53 Å². The van der Waals surface area contributed by atoms with E-state index in [-0.39, 0.29) is 22.3 Å². The molecular weight excluding hydrogens is 277 g/mol. The molecule has 0 radical (unpaired) electrons. The lowest BCUT2D eigenvalue weighted by atomic mass is 10.2. The number of halogens is 2. The van der Waals surface area contributed by atoms with Crippen LogP contribution >= 0.6 is 23.2 Å². The molecule has 1 aliphatic rings. The number of hydrogen-bond acceptors (Lipinski definition) is 4. The first-order valence-electron chi connectivity index (χ1n) is 5.62. The Bertz CT molecular complexity index is 452. The van der Waals surface area contributed by atoms with Gasteiger partial charge in [0.05, 0.1) is 12.2 Å². The Morgan fingerprint density at radius 2 is 2.22 bits per heavy atom. The van der Waals surface area contributed by atoms with Crippen molar-refractivity contribution in [3.8, 4) is 0 Å². The molecule has 0 aliphatic heterocycles. The molecule has 0 aromatic carbocycles. The Labute approximate surface area is 115 Å². The number of hydrogen-bond donors (Lipinski definition) is 0. The average molecular weight is 290 g/mol. The van der Waals surface area contributed by atoms with Crippen LogP contribution < -0.4 is 0 Å². The molecule has 0 bridgehead atoms. The molecule has 1 amide bonds. The van der Waals surface area contributed by atoms with E-state index in [1.54, 1.807) is 12.0 Å². The zero-order valence-corrected chi connectivity index (χ0v) is 11.4. The number of rotatable bonds is 5. The number of amides is 1. The van der Waals surface area contributed by atoms with Crippen molar-refractivity contribution in [1.82, 2.24) is 15.1 Å². The van der Waals surface area contributed by atoms with Crippen LogP contribution in [0.25, 0.3) is 0 Å². The van der Waals surface area contributed by atoms with E-state index >= 15 is 0 Å². The van der Waals surface area contributed by atoms with Gasteiger partial charge in [-0.2, -0.15) is 0 Å².